The molecule has 0 unspecified atom stereocenters. The lowest BCUT2D eigenvalue weighted by molar-refractivity contribution is -0.142. The van der Waals surface area contributed by atoms with Crippen LogP contribution in [0.2, 0.25) is 0 Å². The van der Waals surface area contributed by atoms with Crippen LogP contribution >= 0.6 is 0 Å². The van der Waals surface area contributed by atoms with Crippen molar-refractivity contribution in [2.45, 2.75) is 32.6 Å². The number of rotatable bonds is 1. The number of amides is 3. The molecule has 0 aromatic rings. The number of hydrogen-bond donors (Lipinski definition) is 3. The Morgan fingerprint density at radius 2 is 1.78 bits per heavy atom. The zero-order valence-corrected chi connectivity index (χ0v) is 10.5. The van der Waals surface area contributed by atoms with Gasteiger partial charge in [0.2, 0.25) is 0 Å². The van der Waals surface area contributed by atoms with E-state index in [0.717, 1.165) is 19.3 Å². The van der Waals surface area contributed by atoms with Gasteiger partial charge < -0.3 is 26.7 Å². The number of ether oxygens (including phenoxy) is 2. The van der Waals surface area contributed by atoms with Crippen molar-refractivity contribution in [2.24, 2.45) is 17.2 Å². The Balaban J connectivity index is 0. The normalized spacial score (nSPS) is 13.5. The fourth-order valence-electron chi connectivity index (χ4n) is 0.949. The zero-order valence-electron chi connectivity index (χ0n) is 10.5. The van der Waals surface area contributed by atoms with Crippen LogP contribution in [0.1, 0.15) is 32.6 Å². The third-order valence-electron chi connectivity index (χ3n) is 1.57. The SMILES string of the molecule is CCOC(N)=O.NC(N)=O.O=C1CCCCCO1. The van der Waals surface area contributed by atoms with Gasteiger partial charge in [0.25, 0.3) is 0 Å². The Hall–Kier alpha value is -1.99. The smallest absolute Gasteiger partial charge is 0.404 e. The second-order valence-electron chi connectivity index (χ2n) is 3.19. The molecule has 0 radical (unpaired) electrons. The van der Waals surface area contributed by atoms with Gasteiger partial charge in [-0.1, -0.05) is 0 Å². The average Bonchev–Trinajstić information content (AvgIpc) is 2.45. The van der Waals surface area contributed by atoms with Crippen LogP contribution in [0, 0.1) is 0 Å². The number of carbonyl (C=O) groups excluding carboxylic acids is 3. The van der Waals surface area contributed by atoms with Crippen LogP contribution in [0.15, 0.2) is 0 Å². The molecule has 0 atom stereocenters. The summed E-state index contributed by atoms with van der Waals surface area (Å²) in [5, 5.41) is 0. The summed E-state index contributed by atoms with van der Waals surface area (Å²) in [6.45, 7) is 2.69. The van der Waals surface area contributed by atoms with Crippen LogP contribution in [-0.4, -0.2) is 31.3 Å². The molecule has 1 heterocycles. The Morgan fingerprint density at radius 3 is 2.17 bits per heavy atom. The van der Waals surface area contributed by atoms with Crippen LogP contribution in [0.4, 0.5) is 9.59 Å². The Bertz CT molecular complexity index is 244. The number of primary amides is 3. The van der Waals surface area contributed by atoms with Gasteiger partial charge in [0.15, 0.2) is 0 Å². The topological polar surface area (TPSA) is 148 Å². The molecule has 6 N–H and O–H groups in total. The first-order valence-corrected chi connectivity index (χ1v) is 5.52. The molecule has 0 bridgehead atoms. The summed E-state index contributed by atoms with van der Waals surface area (Å²) in [5.41, 5.74) is 13.0. The van der Waals surface area contributed by atoms with Gasteiger partial charge in [0, 0.05) is 6.42 Å². The van der Waals surface area contributed by atoms with Crippen molar-refractivity contribution < 1.29 is 23.9 Å². The number of hydrogen-bond acceptors (Lipinski definition) is 5. The number of cyclic esters (lactones) is 1. The summed E-state index contributed by atoms with van der Waals surface area (Å²) in [6.07, 6.45) is 3.12. The van der Waals surface area contributed by atoms with Gasteiger partial charge >= 0.3 is 18.1 Å². The van der Waals surface area contributed by atoms with Crippen LogP contribution in [0.3, 0.4) is 0 Å². The maximum Gasteiger partial charge on any atom is 0.404 e. The first kappa shape index (κ1) is 18.4. The fraction of sp³-hybridized carbons (Fsp3) is 0.700. The quantitative estimate of drug-likeness (QED) is 0.579. The number of urea groups is 1. The van der Waals surface area contributed by atoms with Gasteiger partial charge in [-0.15, -0.1) is 0 Å². The summed E-state index contributed by atoms with van der Waals surface area (Å²) in [5.74, 6) is -0.0255. The second-order valence-corrected chi connectivity index (χ2v) is 3.19. The first-order chi connectivity index (χ1) is 8.40. The lowest BCUT2D eigenvalue weighted by Crippen LogP contribution is -2.18. The molecule has 1 fully saturated rings. The van der Waals surface area contributed by atoms with Gasteiger partial charge in [-0.25, -0.2) is 9.59 Å². The van der Waals surface area contributed by atoms with Crippen LogP contribution < -0.4 is 17.2 Å². The number of esters is 1. The molecule has 0 spiro atoms. The van der Waals surface area contributed by atoms with Crippen molar-refractivity contribution in [3.63, 3.8) is 0 Å². The maximum absolute atomic E-state index is 10.5. The van der Waals surface area contributed by atoms with Gasteiger partial charge in [-0.2, -0.15) is 0 Å². The molecular weight excluding hydrogens is 242 g/mol. The Morgan fingerprint density at radius 1 is 1.22 bits per heavy atom. The molecule has 1 rings (SSSR count). The minimum Gasteiger partial charge on any atom is -0.466 e. The van der Waals surface area contributed by atoms with Crippen LogP contribution in [0.25, 0.3) is 0 Å². The van der Waals surface area contributed by atoms with E-state index in [1.165, 1.54) is 0 Å². The molecule has 3 amide bonds. The van der Waals surface area contributed by atoms with Crippen molar-refractivity contribution in [1.82, 2.24) is 0 Å². The molecule has 0 aromatic carbocycles. The second kappa shape index (κ2) is 13.1. The van der Waals surface area contributed by atoms with E-state index in [0.29, 0.717) is 19.6 Å². The molecule has 1 aliphatic heterocycles. The van der Waals surface area contributed by atoms with Crippen molar-refractivity contribution in [2.75, 3.05) is 13.2 Å². The monoisotopic (exact) mass is 263 g/mol. The van der Waals surface area contributed by atoms with Crippen molar-refractivity contribution >= 4 is 18.1 Å². The first-order valence-electron chi connectivity index (χ1n) is 5.52. The van der Waals surface area contributed by atoms with E-state index in [1.54, 1.807) is 6.92 Å². The highest BCUT2D eigenvalue weighted by atomic mass is 16.5. The zero-order chi connectivity index (χ0) is 14.4. The highest BCUT2D eigenvalue weighted by molar-refractivity contribution is 5.69. The summed E-state index contributed by atoms with van der Waals surface area (Å²) < 4.78 is 8.94. The molecule has 1 aliphatic rings. The Labute approximate surface area is 106 Å². The van der Waals surface area contributed by atoms with E-state index < -0.39 is 12.1 Å². The molecule has 8 heteroatoms. The Kier molecular flexibility index (Phi) is 13.4. The van der Waals surface area contributed by atoms with Crippen molar-refractivity contribution in [1.29, 1.82) is 0 Å². The van der Waals surface area contributed by atoms with E-state index in [2.05, 4.69) is 21.9 Å². The van der Waals surface area contributed by atoms with Crippen LogP contribution in [0.5, 0.6) is 0 Å². The van der Waals surface area contributed by atoms with Gasteiger partial charge in [-0.05, 0) is 26.2 Å². The third kappa shape index (κ3) is 23.7. The minimum absolute atomic E-state index is 0.0255. The number of nitrogens with two attached hydrogens (primary N) is 3. The molecule has 0 saturated carbocycles. The van der Waals surface area contributed by atoms with E-state index >= 15 is 0 Å². The molecule has 1 saturated heterocycles. The summed E-state index contributed by atoms with van der Waals surface area (Å²) >= 11 is 0. The minimum atomic E-state index is -0.833. The van der Waals surface area contributed by atoms with Crippen molar-refractivity contribution in [3.05, 3.63) is 0 Å². The fourth-order valence-corrected chi connectivity index (χ4v) is 0.949. The van der Waals surface area contributed by atoms with Gasteiger partial charge in [0.1, 0.15) is 0 Å². The van der Waals surface area contributed by atoms with E-state index in [4.69, 9.17) is 9.53 Å². The van der Waals surface area contributed by atoms with Crippen LogP contribution in [-0.2, 0) is 14.3 Å². The molecule has 18 heavy (non-hydrogen) atoms. The van der Waals surface area contributed by atoms with Gasteiger partial charge in [0.05, 0.1) is 13.2 Å². The summed E-state index contributed by atoms with van der Waals surface area (Å²) in [4.78, 5) is 29.1. The van der Waals surface area contributed by atoms with Gasteiger partial charge in [-0.3, -0.25) is 4.79 Å². The molecule has 8 nitrogen and oxygen atoms in total. The predicted octanol–water partition coefficient (Wildman–Crippen LogP) is 0.229. The van der Waals surface area contributed by atoms with E-state index in [9.17, 15) is 9.59 Å². The van der Waals surface area contributed by atoms with Crippen molar-refractivity contribution in [3.8, 4) is 0 Å². The molecular formula is C10H21N3O5. The largest absolute Gasteiger partial charge is 0.466 e. The average molecular weight is 263 g/mol. The van der Waals surface area contributed by atoms with E-state index in [-0.39, 0.29) is 5.97 Å². The molecule has 106 valence electrons. The molecule has 0 aliphatic carbocycles. The standard InChI is InChI=1S/C6H10O2.C3H7NO2.CH4N2O/c7-6-4-2-1-3-5-8-6;1-2-6-3(4)5;2-1(3)4/h1-5H2;2H2,1H3,(H2,4,5);(H4,2,3,4). The summed E-state index contributed by atoms with van der Waals surface area (Å²) in [6, 6.07) is -0.833. The predicted molar refractivity (Wildman–Crippen MR) is 64.4 cm³/mol. The lowest BCUT2D eigenvalue weighted by Gasteiger charge is -1.93. The lowest BCUT2D eigenvalue weighted by atomic mass is 10.2. The maximum atomic E-state index is 10.5. The third-order valence-corrected chi connectivity index (χ3v) is 1.57. The highest BCUT2D eigenvalue weighted by Crippen LogP contribution is 2.06. The van der Waals surface area contributed by atoms with E-state index in [1.807, 2.05) is 0 Å². The number of carbonyl (C=O) groups is 3. The summed E-state index contributed by atoms with van der Waals surface area (Å²) in [7, 11) is 0. The highest BCUT2D eigenvalue weighted by Gasteiger charge is 2.05. The molecule has 0 aromatic heterocycles.